The Balaban J connectivity index is 1.20. The van der Waals surface area contributed by atoms with Gasteiger partial charge in [-0.3, -0.25) is 10.1 Å². The molecule has 0 saturated carbocycles. The predicted octanol–water partition coefficient (Wildman–Crippen LogP) is 2.90. The molecule has 0 radical (unpaired) electrons. The first-order valence-electron chi connectivity index (χ1n) is 12.1. The lowest BCUT2D eigenvalue weighted by Crippen LogP contribution is -2.56. The number of anilines is 1. The van der Waals surface area contributed by atoms with E-state index >= 15 is 0 Å². The van der Waals surface area contributed by atoms with Gasteiger partial charge in [0.25, 0.3) is 0 Å². The standard InChI is InChI=1S/C26H20N10O2/c27-14-10-36(11-14)21-9-28-8-18(30-21)16-2-3-17-23(31-16)24(35-34-17)26-32-22-15(5-6-29-25(22)33-26)13-1-4-19-20(7-13)38-12-37-19/h1-9,14H,10-12,27H2,(H,34,35)(H,29,32,33). The van der Waals surface area contributed by atoms with Crippen LogP contribution in [0.5, 0.6) is 11.5 Å². The Labute approximate surface area is 214 Å². The van der Waals surface area contributed by atoms with Crippen LogP contribution in [0, 0.1) is 0 Å². The maximum Gasteiger partial charge on any atom is 0.231 e. The second kappa shape index (κ2) is 7.95. The molecular formula is C26H20N10O2. The lowest BCUT2D eigenvalue weighted by atomic mass is 10.1. The summed E-state index contributed by atoms with van der Waals surface area (Å²) in [6.07, 6.45) is 5.20. The number of aromatic nitrogens is 8. The number of hydrogen-bond acceptors (Lipinski definition) is 10. The highest BCUT2D eigenvalue weighted by Gasteiger charge is 2.25. The summed E-state index contributed by atoms with van der Waals surface area (Å²) in [6.45, 7) is 1.76. The van der Waals surface area contributed by atoms with Gasteiger partial charge in [-0.1, -0.05) is 6.07 Å². The molecule has 0 aliphatic carbocycles. The van der Waals surface area contributed by atoms with Crippen LogP contribution in [-0.4, -0.2) is 66.0 Å². The molecule has 0 spiro atoms. The summed E-state index contributed by atoms with van der Waals surface area (Å²) in [6, 6.07) is 11.8. The molecule has 0 amide bonds. The van der Waals surface area contributed by atoms with Gasteiger partial charge in [0.2, 0.25) is 6.79 Å². The molecule has 8 rings (SSSR count). The summed E-state index contributed by atoms with van der Waals surface area (Å²) in [5, 5.41) is 7.57. The maximum absolute atomic E-state index is 5.93. The van der Waals surface area contributed by atoms with E-state index in [1.165, 1.54) is 0 Å². The molecule has 6 aromatic rings. The summed E-state index contributed by atoms with van der Waals surface area (Å²) < 4.78 is 11.0. The van der Waals surface area contributed by atoms with Gasteiger partial charge in [-0.2, -0.15) is 5.10 Å². The van der Waals surface area contributed by atoms with Gasteiger partial charge in [0.1, 0.15) is 22.5 Å². The average Bonchev–Trinajstić information content (AvgIpc) is 3.68. The number of rotatable bonds is 4. The zero-order valence-electron chi connectivity index (χ0n) is 19.9. The van der Waals surface area contributed by atoms with Crippen molar-refractivity contribution in [1.82, 2.24) is 40.1 Å². The Morgan fingerprint density at radius 2 is 1.84 bits per heavy atom. The van der Waals surface area contributed by atoms with E-state index in [-0.39, 0.29) is 12.8 Å². The lowest BCUT2D eigenvalue weighted by Gasteiger charge is -2.37. The molecule has 4 N–H and O–H groups in total. The Bertz CT molecular complexity index is 1860. The fraction of sp³-hybridized carbons (Fsp3) is 0.154. The van der Waals surface area contributed by atoms with Crippen molar-refractivity contribution in [2.45, 2.75) is 6.04 Å². The zero-order chi connectivity index (χ0) is 25.2. The number of fused-ring (bicyclic) bond motifs is 3. The average molecular weight is 505 g/mol. The number of ether oxygens (including phenoxy) is 2. The quantitative estimate of drug-likeness (QED) is 0.326. The third-order valence-corrected chi connectivity index (χ3v) is 6.82. The minimum Gasteiger partial charge on any atom is -0.454 e. The number of nitrogens with zero attached hydrogens (tertiary/aromatic N) is 7. The molecule has 2 aliphatic rings. The van der Waals surface area contributed by atoms with Crippen molar-refractivity contribution in [2.75, 3.05) is 24.8 Å². The number of aromatic amines is 2. The van der Waals surface area contributed by atoms with E-state index in [1.807, 2.05) is 36.4 Å². The fourth-order valence-corrected chi connectivity index (χ4v) is 4.86. The molecule has 186 valence electrons. The minimum atomic E-state index is 0.173. The number of nitrogens with one attached hydrogen (secondary N) is 2. The van der Waals surface area contributed by atoms with Gasteiger partial charge in [0.15, 0.2) is 28.7 Å². The van der Waals surface area contributed by atoms with E-state index in [2.05, 4.69) is 30.0 Å². The van der Waals surface area contributed by atoms with E-state index in [0.29, 0.717) is 39.8 Å². The van der Waals surface area contributed by atoms with Crippen LogP contribution in [0.1, 0.15) is 0 Å². The van der Waals surface area contributed by atoms with Crippen molar-refractivity contribution in [1.29, 1.82) is 0 Å². The highest BCUT2D eigenvalue weighted by molar-refractivity contribution is 5.95. The van der Waals surface area contributed by atoms with E-state index in [4.69, 9.17) is 30.2 Å². The highest BCUT2D eigenvalue weighted by atomic mass is 16.7. The van der Waals surface area contributed by atoms with E-state index in [1.54, 1.807) is 18.6 Å². The lowest BCUT2D eigenvalue weighted by molar-refractivity contribution is 0.174. The first-order chi connectivity index (χ1) is 18.7. The van der Waals surface area contributed by atoms with Crippen molar-refractivity contribution in [2.24, 2.45) is 5.73 Å². The molecule has 0 bridgehead atoms. The van der Waals surface area contributed by atoms with Gasteiger partial charge >= 0.3 is 0 Å². The Morgan fingerprint density at radius 3 is 2.76 bits per heavy atom. The minimum absolute atomic E-state index is 0.173. The number of benzene rings is 1. The molecule has 5 aromatic heterocycles. The summed E-state index contributed by atoms with van der Waals surface area (Å²) >= 11 is 0. The Morgan fingerprint density at radius 1 is 0.921 bits per heavy atom. The van der Waals surface area contributed by atoms with Gasteiger partial charge in [0, 0.05) is 30.9 Å². The largest absolute Gasteiger partial charge is 0.454 e. The summed E-state index contributed by atoms with van der Waals surface area (Å²) in [5.41, 5.74) is 12.6. The Kier molecular flexibility index (Phi) is 4.40. The van der Waals surface area contributed by atoms with E-state index in [9.17, 15) is 0 Å². The van der Waals surface area contributed by atoms with Gasteiger partial charge in [-0.05, 0) is 35.9 Å². The third kappa shape index (κ3) is 3.27. The van der Waals surface area contributed by atoms with Crippen molar-refractivity contribution in [3.8, 4) is 45.5 Å². The monoisotopic (exact) mass is 504 g/mol. The van der Waals surface area contributed by atoms with Crippen molar-refractivity contribution < 1.29 is 9.47 Å². The first kappa shape index (κ1) is 21.0. The summed E-state index contributed by atoms with van der Waals surface area (Å²) in [5.74, 6) is 2.79. The second-order valence-electron chi connectivity index (χ2n) is 9.30. The van der Waals surface area contributed by atoms with Crippen molar-refractivity contribution in [3.05, 3.63) is 55.0 Å². The van der Waals surface area contributed by atoms with Crippen LogP contribution in [0.3, 0.4) is 0 Å². The van der Waals surface area contributed by atoms with Crippen LogP contribution >= 0.6 is 0 Å². The molecule has 2 aliphatic heterocycles. The van der Waals surface area contributed by atoms with Crippen molar-refractivity contribution in [3.63, 3.8) is 0 Å². The fourth-order valence-electron chi connectivity index (χ4n) is 4.86. The topological polar surface area (TPSA) is 157 Å². The van der Waals surface area contributed by atoms with Crippen LogP contribution < -0.4 is 20.1 Å². The van der Waals surface area contributed by atoms with Gasteiger partial charge in [-0.15, -0.1) is 0 Å². The number of nitrogens with two attached hydrogens (primary N) is 1. The maximum atomic E-state index is 5.93. The van der Waals surface area contributed by atoms with Crippen LogP contribution in [0.4, 0.5) is 5.82 Å². The van der Waals surface area contributed by atoms with E-state index < -0.39 is 0 Å². The first-order valence-corrected chi connectivity index (χ1v) is 12.1. The molecule has 1 fully saturated rings. The van der Waals surface area contributed by atoms with Crippen LogP contribution in [-0.2, 0) is 0 Å². The number of pyridine rings is 2. The molecule has 12 nitrogen and oxygen atoms in total. The predicted molar refractivity (Wildman–Crippen MR) is 140 cm³/mol. The third-order valence-electron chi connectivity index (χ3n) is 6.82. The normalized spacial score (nSPS) is 14.9. The zero-order valence-corrected chi connectivity index (χ0v) is 19.9. The van der Waals surface area contributed by atoms with Crippen LogP contribution in [0.25, 0.3) is 56.2 Å². The van der Waals surface area contributed by atoms with Crippen molar-refractivity contribution >= 4 is 28.0 Å². The summed E-state index contributed by atoms with van der Waals surface area (Å²) in [7, 11) is 0. The molecule has 1 aromatic carbocycles. The van der Waals surface area contributed by atoms with Gasteiger partial charge in [0.05, 0.1) is 23.6 Å². The summed E-state index contributed by atoms with van der Waals surface area (Å²) in [4.78, 5) is 28.8. The molecule has 0 unspecified atom stereocenters. The SMILES string of the molecule is NC1CN(c2cncc(-c3ccc4[nH]nc(-c5nc6c(-c7ccc8c(c7)OCO8)ccnc6[nH]5)c4n3)n2)C1. The van der Waals surface area contributed by atoms with Crippen LogP contribution in [0.2, 0.25) is 0 Å². The second-order valence-corrected chi connectivity index (χ2v) is 9.30. The van der Waals surface area contributed by atoms with Gasteiger partial charge in [-0.25, -0.2) is 19.9 Å². The molecular weight excluding hydrogens is 484 g/mol. The highest BCUT2D eigenvalue weighted by Crippen LogP contribution is 2.38. The smallest absolute Gasteiger partial charge is 0.231 e. The van der Waals surface area contributed by atoms with Crippen LogP contribution in [0.15, 0.2) is 55.0 Å². The number of hydrogen-bond donors (Lipinski definition) is 3. The molecule has 38 heavy (non-hydrogen) atoms. The Hall–Kier alpha value is -5.10. The molecule has 12 heteroatoms. The number of H-pyrrole nitrogens is 2. The number of imidazole rings is 1. The van der Waals surface area contributed by atoms with E-state index in [0.717, 1.165) is 46.8 Å². The molecule has 0 atom stereocenters. The van der Waals surface area contributed by atoms with Gasteiger partial charge < -0.3 is 25.1 Å². The molecule has 7 heterocycles. The molecule has 1 saturated heterocycles.